The Morgan fingerprint density at radius 1 is 1.33 bits per heavy atom. The van der Waals surface area contributed by atoms with E-state index in [-0.39, 0.29) is 5.78 Å². The number of hydrogen-bond acceptors (Lipinski definition) is 3. The van der Waals surface area contributed by atoms with Crippen LogP contribution in [0.1, 0.15) is 29.8 Å². The predicted octanol–water partition coefficient (Wildman–Crippen LogP) is 2.46. The summed E-state index contributed by atoms with van der Waals surface area (Å²) in [6.07, 6.45) is 8.73. The van der Waals surface area contributed by atoms with E-state index in [2.05, 4.69) is 4.90 Å². The van der Waals surface area contributed by atoms with Crippen LogP contribution < -0.4 is 0 Å². The van der Waals surface area contributed by atoms with Crippen molar-refractivity contribution in [3.63, 3.8) is 0 Å². The van der Waals surface area contributed by atoms with Crippen molar-refractivity contribution in [3.8, 4) is 0 Å². The van der Waals surface area contributed by atoms with Gasteiger partial charge < -0.3 is 9.32 Å². The summed E-state index contributed by atoms with van der Waals surface area (Å²) >= 11 is 0. The van der Waals surface area contributed by atoms with Crippen LogP contribution in [0, 0.1) is 0 Å². The van der Waals surface area contributed by atoms with Crippen molar-refractivity contribution < 1.29 is 9.21 Å². The third-order valence-electron chi connectivity index (χ3n) is 2.59. The Kier molecular flexibility index (Phi) is 3.22. The van der Waals surface area contributed by atoms with Gasteiger partial charge in [0.25, 0.3) is 0 Å². The number of ketones is 1. The number of carbonyl (C=O) groups excluding carboxylic acids is 1. The van der Waals surface area contributed by atoms with Crippen LogP contribution in [0.25, 0.3) is 0 Å². The molecule has 80 valence electrons. The maximum Gasteiger partial charge on any atom is 0.222 e. The first-order valence-electron chi connectivity index (χ1n) is 5.36. The van der Waals surface area contributed by atoms with Crippen LogP contribution in [0.3, 0.4) is 0 Å². The molecule has 0 N–H and O–H groups in total. The van der Waals surface area contributed by atoms with E-state index in [0.717, 1.165) is 13.1 Å². The fourth-order valence-electron chi connectivity index (χ4n) is 1.74. The first-order chi connectivity index (χ1) is 7.36. The maximum atomic E-state index is 11.5. The molecule has 0 radical (unpaired) electrons. The van der Waals surface area contributed by atoms with Crippen molar-refractivity contribution >= 4 is 5.78 Å². The van der Waals surface area contributed by atoms with Crippen molar-refractivity contribution in [2.24, 2.45) is 0 Å². The molecule has 1 aliphatic rings. The zero-order valence-corrected chi connectivity index (χ0v) is 8.69. The average molecular weight is 205 g/mol. The summed E-state index contributed by atoms with van der Waals surface area (Å²) < 4.78 is 5.02. The third kappa shape index (κ3) is 2.72. The van der Waals surface area contributed by atoms with Crippen LogP contribution in [0.2, 0.25) is 0 Å². The fraction of sp³-hybridized carbons (Fsp3) is 0.417. The lowest BCUT2D eigenvalue weighted by Crippen LogP contribution is -2.24. The molecule has 0 spiro atoms. The number of hydrogen-bond donors (Lipinski definition) is 0. The fourth-order valence-corrected chi connectivity index (χ4v) is 1.74. The lowest BCUT2D eigenvalue weighted by atomic mass is 10.1. The molecule has 0 bridgehead atoms. The van der Waals surface area contributed by atoms with E-state index in [0.29, 0.717) is 5.76 Å². The maximum absolute atomic E-state index is 11.5. The molecule has 0 amide bonds. The van der Waals surface area contributed by atoms with Crippen LogP contribution in [-0.2, 0) is 0 Å². The first kappa shape index (κ1) is 10.0. The van der Waals surface area contributed by atoms with E-state index in [1.54, 1.807) is 18.2 Å². The topological polar surface area (TPSA) is 33.5 Å². The zero-order valence-electron chi connectivity index (χ0n) is 8.69. The van der Waals surface area contributed by atoms with Crippen LogP contribution in [0.15, 0.2) is 35.1 Å². The Morgan fingerprint density at radius 2 is 2.13 bits per heavy atom. The van der Waals surface area contributed by atoms with Gasteiger partial charge in [-0.15, -0.1) is 0 Å². The van der Waals surface area contributed by atoms with Gasteiger partial charge in [-0.25, -0.2) is 0 Å². The second kappa shape index (κ2) is 4.82. The van der Waals surface area contributed by atoms with Gasteiger partial charge in [0.1, 0.15) is 0 Å². The van der Waals surface area contributed by atoms with Crippen LogP contribution in [0.4, 0.5) is 0 Å². The van der Waals surface area contributed by atoms with Gasteiger partial charge in [-0.3, -0.25) is 4.79 Å². The third-order valence-corrected chi connectivity index (χ3v) is 2.59. The molecule has 3 nitrogen and oxygen atoms in total. The highest BCUT2D eigenvalue weighted by Crippen LogP contribution is 2.09. The summed E-state index contributed by atoms with van der Waals surface area (Å²) in [4.78, 5) is 13.7. The summed E-state index contributed by atoms with van der Waals surface area (Å²) in [6, 6.07) is 3.41. The minimum Gasteiger partial charge on any atom is -0.461 e. The van der Waals surface area contributed by atoms with Gasteiger partial charge in [-0.05, 0) is 31.4 Å². The molecule has 3 heteroatoms. The highest BCUT2D eigenvalue weighted by molar-refractivity contribution is 6.02. The first-order valence-corrected chi connectivity index (χ1v) is 5.36. The highest BCUT2D eigenvalue weighted by atomic mass is 16.3. The molecule has 0 aliphatic carbocycles. The van der Waals surface area contributed by atoms with Gasteiger partial charge in [-0.2, -0.15) is 0 Å². The Bertz CT molecular complexity index is 335. The van der Waals surface area contributed by atoms with E-state index in [4.69, 9.17) is 4.42 Å². The molecule has 2 rings (SSSR count). The lowest BCUT2D eigenvalue weighted by Gasteiger charge is -2.24. The molecule has 0 unspecified atom stereocenters. The minimum absolute atomic E-state index is 0.0643. The summed E-state index contributed by atoms with van der Waals surface area (Å²) in [7, 11) is 0. The Labute approximate surface area is 89.4 Å². The van der Waals surface area contributed by atoms with Gasteiger partial charge in [0, 0.05) is 25.4 Å². The smallest absolute Gasteiger partial charge is 0.222 e. The molecule has 1 fully saturated rings. The van der Waals surface area contributed by atoms with Crippen molar-refractivity contribution in [3.05, 3.63) is 36.4 Å². The summed E-state index contributed by atoms with van der Waals surface area (Å²) in [5.41, 5.74) is 0. The molecule has 2 heterocycles. The largest absolute Gasteiger partial charge is 0.461 e. The summed E-state index contributed by atoms with van der Waals surface area (Å²) in [5.74, 6) is 0.342. The Morgan fingerprint density at radius 3 is 2.80 bits per heavy atom. The molecule has 0 aromatic carbocycles. The van der Waals surface area contributed by atoms with E-state index in [1.165, 1.54) is 25.5 Å². The molecular formula is C12H15NO2. The second-order valence-electron chi connectivity index (χ2n) is 3.75. The van der Waals surface area contributed by atoms with E-state index in [1.807, 2.05) is 6.20 Å². The molecule has 1 saturated heterocycles. The Hall–Kier alpha value is -1.51. The van der Waals surface area contributed by atoms with Gasteiger partial charge >= 0.3 is 0 Å². The molecule has 1 aromatic heterocycles. The molecule has 0 saturated carbocycles. The van der Waals surface area contributed by atoms with Crippen LogP contribution >= 0.6 is 0 Å². The molecule has 1 aliphatic heterocycles. The summed E-state index contributed by atoms with van der Waals surface area (Å²) in [6.45, 7) is 2.11. The van der Waals surface area contributed by atoms with Crippen molar-refractivity contribution in [2.45, 2.75) is 19.3 Å². The Balaban J connectivity index is 1.90. The lowest BCUT2D eigenvalue weighted by molar-refractivity contribution is 0.102. The van der Waals surface area contributed by atoms with Gasteiger partial charge in [0.05, 0.1) is 6.26 Å². The van der Waals surface area contributed by atoms with Crippen LogP contribution in [-0.4, -0.2) is 23.8 Å². The zero-order chi connectivity index (χ0) is 10.5. The number of nitrogens with zero attached hydrogens (tertiary/aromatic N) is 1. The monoisotopic (exact) mass is 205 g/mol. The highest BCUT2D eigenvalue weighted by Gasteiger charge is 2.07. The molecule has 0 atom stereocenters. The normalized spacial score (nSPS) is 17.2. The van der Waals surface area contributed by atoms with Crippen LogP contribution in [0.5, 0.6) is 0 Å². The van der Waals surface area contributed by atoms with E-state index < -0.39 is 0 Å². The number of furan rings is 1. The molecular weight excluding hydrogens is 190 g/mol. The standard InChI is InChI=1S/C12H15NO2/c14-11(12-5-4-10-15-12)6-9-13-7-2-1-3-8-13/h4-6,9-10H,1-3,7-8H2. The summed E-state index contributed by atoms with van der Waals surface area (Å²) in [5, 5.41) is 0. The van der Waals surface area contributed by atoms with Gasteiger partial charge in [-0.1, -0.05) is 0 Å². The number of allylic oxidation sites excluding steroid dienone is 1. The minimum atomic E-state index is -0.0643. The number of rotatable bonds is 3. The SMILES string of the molecule is O=C(C=CN1CCCCC1)c1ccco1. The molecule has 1 aromatic rings. The predicted molar refractivity (Wildman–Crippen MR) is 57.6 cm³/mol. The number of likely N-dealkylation sites (tertiary alicyclic amines) is 1. The van der Waals surface area contributed by atoms with Crippen molar-refractivity contribution in [1.29, 1.82) is 0 Å². The van der Waals surface area contributed by atoms with Crippen molar-refractivity contribution in [1.82, 2.24) is 4.90 Å². The van der Waals surface area contributed by atoms with E-state index in [9.17, 15) is 4.79 Å². The number of carbonyl (C=O) groups is 1. The van der Waals surface area contributed by atoms with Crippen molar-refractivity contribution in [2.75, 3.05) is 13.1 Å². The van der Waals surface area contributed by atoms with E-state index >= 15 is 0 Å². The molecule has 15 heavy (non-hydrogen) atoms. The average Bonchev–Trinajstić information content (AvgIpc) is 2.81. The second-order valence-corrected chi connectivity index (χ2v) is 3.75. The number of piperidine rings is 1. The van der Waals surface area contributed by atoms with Gasteiger partial charge in [0.2, 0.25) is 5.78 Å². The quantitative estimate of drug-likeness (QED) is 0.561. The van der Waals surface area contributed by atoms with Gasteiger partial charge in [0.15, 0.2) is 5.76 Å².